The first-order valence-corrected chi connectivity index (χ1v) is 6.72. The molecule has 0 saturated heterocycles. The van der Waals surface area contributed by atoms with Crippen LogP contribution in [0.25, 0.3) is 6.08 Å². The highest BCUT2D eigenvalue weighted by Crippen LogP contribution is 2.17. The molecule has 0 atom stereocenters. The molecule has 0 aliphatic heterocycles. The summed E-state index contributed by atoms with van der Waals surface area (Å²) < 4.78 is 0. The van der Waals surface area contributed by atoms with Gasteiger partial charge < -0.3 is 5.32 Å². The molecule has 0 radical (unpaired) electrons. The van der Waals surface area contributed by atoms with Crippen LogP contribution in [0.15, 0.2) is 22.3 Å². The Morgan fingerprint density at radius 3 is 2.88 bits per heavy atom. The average molecular weight is 269 g/mol. The summed E-state index contributed by atoms with van der Waals surface area (Å²) in [6.45, 7) is 0. The molecule has 17 heavy (non-hydrogen) atoms. The van der Waals surface area contributed by atoms with Gasteiger partial charge in [0.2, 0.25) is 0 Å². The Bertz CT molecular complexity index is 449. The number of nitrogens with one attached hydrogen (secondary N) is 1. The molecule has 0 spiro atoms. The molecular weight excluding hydrogens is 258 g/mol. The van der Waals surface area contributed by atoms with Crippen molar-refractivity contribution in [2.24, 2.45) is 0 Å². The Morgan fingerprint density at radius 2 is 2.29 bits per heavy atom. The summed E-state index contributed by atoms with van der Waals surface area (Å²) in [7, 11) is 1.51. The number of carbonyl (C=O) groups is 2. The fraction of sp³-hybridized carbons (Fsp3) is 0.200. The van der Waals surface area contributed by atoms with E-state index in [0.29, 0.717) is 21.4 Å². The third-order valence-electron chi connectivity index (χ3n) is 1.74. The molecule has 90 valence electrons. The van der Waals surface area contributed by atoms with Gasteiger partial charge in [-0.25, -0.2) is 9.97 Å². The van der Waals surface area contributed by atoms with Gasteiger partial charge in [-0.2, -0.15) is 0 Å². The molecule has 0 aliphatic rings. The van der Waals surface area contributed by atoms with Crippen LogP contribution in [0.5, 0.6) is 0 Å². The predicted octanol–water partition coefficient (Wildman–Crippen LogP) is 1.21. The zero-order valence-corrected chi connectivity index (χ0v) is 11.0. The molecule has 1 amide bonds. The predicted molar refractivity (Wildman–Crippen MR) is 70.2 cm³/mol. The van der Waals surface area contributed by atoms with E-state index in [-0.39, 0.29) is 5.91 Å². The standard InChI is InChI=1S/C10H11N3O2S2/c1-11-9(15)8(17-6-14)5-7-3-4-12-10(13-7)16-2/h3-6H,1-2H3,(H,11,15)/b8-5-. The Labute approximate surface area is 107 Å². The van der Waals surface area contributed by atoms with Crippen molar-refractivity contribution < 1.29 is 9.59 Å². The lowest BCUT2D eigenvalue weighted by Crippen LogP contribution is -2.18. The second kappa shape index (κ2) is 7.08. The highest BCUT2D eigenvalue weighted by molar-refractivity contribution is 8.16. The largest absolute Gasteiger partial charge is 0.355 e. The van der Waals surface area contributed by atoms with E-state index in [1.807, 2.05) is 6.26 Å². The molecule has 1 rings (SSSR count). The molecule has 0 bridgehead atoms. The number of carbonyl (C=O) groups excluding carboxylic acids is 2. The number of nitrogens with zero attached hydrogens (tertiary/aromatic N) is 2. The third-order valence-corrected chi connectivity index (χ3v) is 2.96. The highest BCUT2D eigenvalue weighted by atomic mass is 32.2. The van der Waals surface area contributed by atoms with Gasteiger partial charge in [0, 0.05) is 13.2 Å². The Kier molecular flexibility index (Phi) is 5.71. The number of hydrogen-bond acceptors (Lipinski definition) is 6. The van der Waals surface area contributed by atoms with Crippen molar-refractivity contribution in [3.05, 3.63) is 22.9 Å². The number of thioether (sulfide) groups is 2. The Balaban J connectivity index is 3.02. The topological polar surface area (TPSA) is 72.0 Å². The second-order valence-corrected chi connectivity index (χ2v) is 4.41. The van der Waals surface area contributed by atoms with Gasteiger partial charge in [0.25, 0.3) is 5.91 Å². The number of aromatic nitrogens is 2. The van der Waals surface area contributed by atoms with E-state index >= 15 is 0 Å². The molecule has 1 heterocycles. The van der Waals surface area contributed by atoms with Crippen LogP contribution in [-0.2, 0) is 9.59 Å². The Morgan fingerprint density at radius 1 is 1.53 bits per heavy atom. The van der Waals surface area contributed by atoms with Crippen LogP contribution in [0.4, 0.5) is 0 Å². The lowest BCUT2D eigenvalue weighted by Gasteiger charge is -2.01. The zero-order valence-electron chi connectivity index (χ0n) is 9.34. The van der Waals surface area contributed by atoms with E-state index in [2.05, 4.69) is 15.3 Å². The normalized spacial score (nSPS) is 11.1. The van der Waals surface area contributed by atoms with Crippen LogP contribution in [-0.4, -0.2) is 34.8 Å². The van der Waals surface area contributed by atoms with E-state index in [1.165, 1.54) is 18.8 Å². The van der Waals surface area contributed by atoms with E-state index in [1.54, 1.807) is 18.3 Å². The summed E-state index contributed by atoms with van der Waals surface area (Å²) in [5.74, 6) is -0.314. The van der Waals surface area contributed by atoms with Crippen LogP contribution in [0, 0.1) is 0 Å². The van der Waals surface area contributed by atoms with Crippen molar-refractivity contribution in [2.75, 3.05) is 13.3 Å². The maximum Gasteiger partial charge on any atom is 0.257 e. The van der Waals surface area contributed by atoms with Crippen LogP contribution < -0.4 is 5.32 Å². The van der Waals surface area contributed by atoms with E-state index in [9.17, 15) is 9.59 Å². The average Bonchev–Trinajstić information content (AvgIpc) is 2.37. The van der Waals surface area contributed by atoms with Crippen LogP contribution in [0.2, 0.25) is 0 Å². The smallest absolute Gasteiger partial charge is 0.257 e. The first kappa shape index (κ1) is 13.7. The van der Waals surface area contributed by atoms with Gasteiger partial charge in [-0.1, -0.05) is 11.8 Å². The number of rotatable bonds is 5. The SMILES string of the molecule is CNC(=O)/C(=C/c1ccnc(SC)n1)SC=O. The van der Waals surface area contributed by atoms with Crippen LogP contribution in [0.3, 0.4) is 0 Å². The molecule has 0 unspecified atom stereocenters. The lowest BCUT2D eigenvalue weighted by molar-refractivity contribution is -0.116. The minimum atomic E-state index is -0.314. The maximum absolute atomic E-state index is 11.5. The summed E-state index contributed by atoms with van der Waals surface area (Å²) >= 11 is 2.23. The summed E-state index contributed by atoms with van der Waals surface area (Å²) in [5, 5.41) is 3.08. The van der Waals surface area contributed by atoms with Crippen molar-refractivity contribution >= 4 is 41.1 Å². The number of hydrogen-bond donors (Lipinski definition) is 1. The Hall–Kier alpha value is -1.34. The molecule has 0 fully saturated rings. The quantitative estimate of drug-likeness (QED) is 0.375. The molecule has 0 aromatic carbocycles. The molecule has 1 N–H and O–H groups in total. The monoisotopic (exact) mass is 269 g/mol. The molecule has 1 aromatic rings. The summed E-state index contributed by atoms with van der Waals surface area (Å²) in [6.07, 6.45) is 5.03. The van der Waals surface area contributed by atoms with Crippen molar-refractivity contribution in [1.82, 2.24) is 15.3 Å². The van der Waals surface area contributed by atoms with Gasteiger partial charge in [-0.15, -0.1) is 0 Å². The van der Waals surface area contributed by atoms with Gasteiger partial charge >= 0.3 is 0 Å². The molecule has 0 saturated carbocycles. The summed E-state index contributed by atoms with van der Waals surface area (Å²) in [4.78, 5) is 30.4. The number of likely N-dealkylation sites (N-methyl/N-ethyl adjacent to an activating group) is 1. The van der Waals surface area contributed by atoms with Gasteiger partial charge in [-0.3, -0.25) is 9.59 Å². The minimum absolute atomic E-state index is 0.299. The number of amides is 1. The lowest BCUT2D eigenvalue weighted by atomic mass is 10.3. The van der Waals surface area contributed by atoms with Crippen molar-refractivity contribution in [2.45, 2.75) is 5.16 Å². The highest BCUT2D eigenvalue weighted by Gasteiger charge is 2.08. The molecule has 5 nitrogen and oxygen atoms in total. The van der Waals surface area contributed by atoms with Crippen LogP contribution in [0.1, 0.15) is 5.69 Å². The van der Waals surface area contributed by atoms with Crippen LogP contribution >= 0.6 is 23.5 Å². The maximum atomic E-state index is 11.5. The van der Waals surface area contributed by atoms with Crippen molar-refractivity contribution in [1.29, 1.82) is 0 Å². The summed E-state index contributed by atoms with van der Waals surface area (Å²) in [5.41, 5.74) is 1.20. The molecule has 7 heteroatoms. The van der Waals surface area contributed by atoms with Gasteiger partial charge in [-0.05, 0) is 30.2 Å². The second-order valence-electron chi connectivity index (χ2n) is 2.77. The van der Waals surface area contributed by atoms with E-state index in [4.69, 9.17) is 0 Å². The third kappa shape index (κ3) is 4.20. The fourth-order valence-corrected chi connectivity index (χ4v) is 1.86. The van der Waals surface area contributed by atoms with Crippen molar-refractivity contribution in [3.63, 3.8) is 0 Å². The van der Waals surface area contributed by atoms with Gasteiger partial charge in [0.15, 0.2) is 10.8 Å². The molecule has 1 aromatic heterocycles. The van der Waals surface area contributed by atoms with E-state index < -0.39 is 0 Å². The van der Waals surface area contributed by atoms with Gasteiger partial charge in [0.1, 0.15) is 0 Å². The first-order chi connectivity index (χ1) is 8.21. The van der Waals surface area contributed by atoms with Crippen molar-refractivity contribution in [3.8, 4) is 0 Å². The van der Waals surface area contributed by atoms with E-state index in [0.717, 1.165) is 11.8 Å². The molecular formula is C10H11N3O2S2. The summed E-state index contributed by atoms with van der Waals surface area (Å²) in [6, 6.07) is 1.67. The zero-order chi connectivity index (χ0) is 12.7. The first-order valence-electron chi connectivity index (χ1n) is 4.62. The fourth-order valence-electron chi connectivity index (χ4n) is 0.995. The van der Waals surface area contributed by atoms with Gasteiger partial charge in [0.05, 0.1) is 10.6 Å². The molecule has 0 aliphatic carbocycles. The minimum Gasteiger partial charge on any atom is -0.355 e.